The molecule has 0 aliphatic heterocycles. The van der Waals surface area contributed by atoms with Gasteiger partial charge in [0, 0.05) is 15.6 Å². The van der Waals surface area contributed by atoms with Crippen molar-refractivity contribution in [2.24, 2.45) is 5.73 Å². The first-order valence-corrected chi connectivity index (χ1v) is 6.72. The van der Waals surface area contributed by atoms with Gasteiger partial charge < -0.3 is 10.5 Å². The molecule has 0 aliphatic rings. The number of nitrogens with zero attached hydrogens (tertiary/aromatic N) is 1. The molecule has 0 bridgehead atoms. The standard InChI is InChI=1S/C14H15BrN2O2/c1-7-6-8(2)17-13-11(19-9(3)14(16)18)5-4-10(15)12(7)13/h4-6,9H,1-3H3,(H2,16,18). The zero-order chi connectivity index (χ0) is 14.2. The maximum absolute atomic E-state index is 11.1. The predicted octanol–water partition coefficient (Wildman–Crippen LogP) is 2.87. The predicted molar refractivity (Wildman–Crippen MR) is 78.2 cm³/mol. The molecule has 2 N–H and O–H groups in total. The highest BCUT2D eigenvalue weighted by Gasteiger charge is 2.15. The number of pyridine rings is 1. The van der Waals surface area contributed by atoms with Gasteiger partial charge in [0.2, 0.25) is 0 Å². The second kappa shape index (κ2) is 5.17. The molecule has 0 saturated heterocycles. The molecule has 1 heterocycles. The largest absolute Gasteiger partial charge is 0.479 e. The molecular weight excluding hydrogens is 308 g/mol. The van der Waals surface area contributed by atoms with Crippen molar-refractivity contribution < 1.29 is 9.53 Å². The van der Waals surface area contributed by atoms with E-state index in [9.17, 15) is 4.79 Å². The molecule has 4 nitrogen and oxygen atoms in total. The average Bonchev–Trinajstić information content (AvgIpc) is 2.31. The van der Waals surface area contributed by atoms with E-state index in [1.165, 1.54) is 0 Å². The second-order valence-corrected chi connectivity index (χ2v) is 5.37. The fourth-order valence-corrected chi connectivity index (χ4v) is 2.60. The summed E-state index contributed by atoms with van der Waals surface area (Å²) < 4.78 is 6.55. The molecule has 0 saturated carbocycles. The van der Waals surface area contributed by atoms with Gasteiger partial charge in [0.05, 0.1) is 0 Å². The smallest absolute Gasteiger partial charge is 0.258 e. The Kier molecular flexibility index (Phi) is 3.75. The minimum Gasteiger partial charge on any atom is -0.479 e. The summed E-state index contributed by atoms with van der Waals surface area (Å²) in [6.45, 7) is 5.57. The van der Waals surface area contributed by atoms with E-state index in [-0.39, 0.29) is 0 Å². The van der Waals surface area contributed by atoms with E-state index in [4.69, 9.17) is 10.5 Å². The third kappa shape index (κ3) is 2.71. The minimum absolute atomic E-state index is 0.500. The highest BCUT2D eigenvalue weighted by atomic mass is 79.9. The second-order valence-electron chi connectivity index (χ2n) is 4.51. The zero-order valence-electron chi connectivity index (χ0n) is 11.0. The zero-order valence-corrected chi connectivity index (χ0v) is 12.6. The SMILES string of the molecule is Cc1cc(C)c2c(Br)ccc(OC(C)C(N)=O)c2n1. The Bertz CT molecular complexity index is 655. The van der Waals surface area contributed by atoms with Crippen molar-refractivity contribution in [2.75, 3.05) is 0 Å². The number of amides is 1. The Balaban J connectivity index is 2.63. The number of hydrogen-bond donors (Lipinski definition) is 1. The summed E-state index contributed by atoms with van der Waals surface area (Å²) in [7, 11) is 0. The maximum Gasteiger partial charge on any atom is 0.258 e. The van der Waals surface area contributed by atoms with Gasteiger partial charge in [-0.3, -0.25) is 4.79 Å². The van der Waals surface area contributed by atoms with Crippen molar-refractivity contribution in [1.82, 2.24) is 4.98 Å². The Morgan fingerprint density at radius 3 is 2.74 bits per heavy atom. The number of ether oxygens (including phenoxy) is 1. The number of fused-ring (bicyclic) bond motifs is 1. The van der Waals surface area contributed by atoms with Crippen molar-refractivity contribution in [1.29, 1.82) is 0 Å². The Hall–Kier alpha value is -1.62. The molecule has 19 heavy (non-hydrogen) atoms. The van der Waals surface area contributed by atoms with Gasteiger partial charge in [-0.1, -0.05) is 15.9 Å². The highest BCUT2D eigenvalue weighted by molar-refractivity contribution is 9.10. The molecule has 1 aromatic carbocycles. The van der Waals surface area contributed by atoms with E-state index in [2.05, 4.69) is 20.9 Å². The number of rotatable bonds is 3. The van der Waals surface area contributed by atoms with Crippen LogP contribution >= 0.6 is 15.9 Å². The fraction of sp³-hybridized carbons (Fsp3) is 0.286. The molecule has 5 heteroatoms. The van der Waals surface area contributed by atoms with Gasteiger partial charge in [0.25, 0.3) is 5.91 Å². The fourth-order valence-electron chi connectivity index (χ4n) is 1.97. The summed E-state index contributed by atoms with van der Waals surface area (Å²) >= 11 is 3.51. The molecule has 2 aromatic rings. The maximum atomic E-state index is 11.1. The van der Waals surface area contributed by atoms with Crippen molar-refractivity contribution in [3.63, 3.8) is 0 Å². The lowest BCUT2D eigenvalue weighted by Gasteiger charge is -2.15. The van der Waals surface area contributed by atoms with Crippen LogP contribution < -0.4 is 10.5 Å². The molecule has 1 unspecified atom stereocenters. The van der Waals surface area contributed by atoms with Crippen molar-refractivity contribution in [3.8, 4) is 5.75 Å². The summed E-state index contributed by atoms with van der Waals surface area (Å²) in [5.41, 5.74) is 7.97. The third-order valence-electron chi connectivity index (χ3n) is 2.90. The summed E-state index contributed by atoms with van der Waals surface area (Å²) in [6.07, 6.45) is -0.688. The number of carbonyl (C=O) groups excluding carboxylic acids is 1. The summed E-state index contributed by atoms with van der Waals surface area (Å²) in [5.74, 6) is 0.0664. The van der Waals surface area contributed by atoms with E-state index in [0.29, 0.717) is 5.75 Å². The first-order valence-electron chi connectivity index (χ1n) is 5.92. The van der Waals surface area contributed by atoms with Crippen LogP contribution in [0.5, 0.6) is 5.75 Å². The Morgan fingerprint density at radius 1 is 1.42 bits per heavy atom. The number of aryl methyl sites for hydroxylation is 2. The lowest BCUT2D eigenvalue weighted by Crippen LogP contribution is -2.30. The first kappa shape index (κ1) is 13.8. The molecule has 0 fully saturated rings. The van der Waals surface area contributed by atoms with Crippen LogP contribution in [-0.4, -0.2) is 17.0 Å². The molecule has 0 aliphatic carbocycles. The van der Waals surface area contributed by atoms with Gasteiger partial charge in [-0.15, -0.1) is 0 Å². The Labute approximate surface area is 120 Å². The molecule has 1 atom stereocenters. The van der Waals surface area contributed by atoms with Crippen molar-refractivity contribution in [2.45, 2.75) is 26.9 Å². The monoisotopic (exact) mass is 322 g/mol. The number of aromatic nitrogens is 1. The van der Waals surface area contributed by atoms with Crippen molar-refractivity contribution in [3.05, 3.63) is 33.9 Å². The van der Waals surface area contributed by atoms with Gasteiger partial charge in [0.15, 0.2) is 6.10 Å². The van der Waals surface area contributed by atoms with E-state index in [1.54, 1.807) is 13.0 Å². The molecule has 1 aromatic heterocycles. The summed E-state index contributed by atoms with van der Waals surface area (Å²) in [5, 5.41) is 0.986. The molecule has 0 radical (unpaired) electrons. The molecular formula is C14H15BrN2O2. The van der Waals surface area contributed by atoms with Crippen LogP contribution in [-0.2, 0) is 4.79 Å². The van der Waals surface area contributed by atoms with Gasteiger partial charge >= 0.3 is 0 Å². The number of benzene rings is 1. The normalized spacial score (nSPS) is 12.4. The van der Waals surface area contributed by atoms with Gasteiger partial charge in [-0.2, -0.15) is 0 Å². The van der Waals surface area contributed by atoms with Gasteiger partial charge in [-0.05, 0) is 44.5 Å². The van der Waals surface area contributed by atoms with E-state index < -0.39 is 12.0 Å². The average molecular weight is 323 g/mol. The Morgan fingerprint density at radius 2 is 2.11 bits per heavy atom. The van der Waals surface area contributed by atoms with Crippen LogP contribution in [0, 0.1) is 13.8 Å². The number of halogens is 1. The van der Waals surface area contributed by atoms with Crippen molar-refractivity contribution >= 4 is 32.7 Å². The van der Waals surface area contributed by atoms with Gasteiger partial charge in [0.1, 0.15) is 11.3 Å². The molecule has 1 amide bonds. The van der Waals surface area contributed by atoms with Crippen LogP contribution in [0.4, 0.5) is 0 Å². The topological polar surface area (TPSA) is 65.2 Å². The van der Waals surface area contributed by atoms with E-state index in [1.807, 2.05) is 26.0 Å². The van der Waals surface area contributed by atoms with Crippen LogP contribution in [0.2, 0.25) is 0 Å². The van der Waals surface area contributed by atoms with Gasteiger partial charge in [-0.25, -0.2) is 4.98 Å². The minimum atomic E-state index is -0.688. The number of hydrogen-bond acceptors (Lipinski definition) is 3. The molecule has 2 rings (SSSR count). The third-order valence-corrected chi connectivity index (χ3v) is 3.56. The van der Waals surface area contributed by atoms with Crippen LogP contribution in [0.15, 0.2) is 22.7 Å². The highest BCUT2D eigenvalue weighted by Crippen LogP contribution is 2.33. The quantitative estimate of drug-likeness (QED) is 0.944. The number of carbonyl (C=O) groups is 1. The lowest BCUT2D eigenvalue weighted by molar-refractivity contribution is -0.123. The molecule has 0 spiro atoms. The number of nitrogens with two attached hydrogens (primary N) is 1. The van der Waals surface area contributed by atoms with Crippen LogP contribution in [0.1, 0.15) is 18.2 Å². The van der Waals surface area contributed by atoms with Crippen LogP contribution in [0.25, 0.3) is 10.9 Å². The van der Waals surface area contributed by atoms with E-state index in [0.717, 1.165) is 26.6 Å². The summed E-state index contributed by atoms with van der Waals surface area (Å²) in [4.78, 5) is 15.6. The summed E-state index contributed by atoms with van der Waals surface area (Å²) in [6, 6.07) is 5.68. The lowest BCUT2D eigenvalue weighted by atomic mass is 10.1. The molecule has 100 valence electrons. The van der Waals surface area contributed by atoms with E-state index >= 15 is 0 Å². The first-order chi connectivity index (χ1) is 8.90. The van der Waals surface area contributed by atoms with Crippen LogP contribution in [0.3, 0.4) is 0 Å². The number of primary amides is 1.